The fourth-order valence-corrected chi connectivity index (χ4v) is 16.0. The Hall–Kier alpha value is 0.434. The summed E-state index contributed by atoms with van der Waals surface area (Å²) in [6, 6.07) is 0. The van der Waals surface area contributed by atoms with Crippen LogP contribution >= 0.6 is 0 Å². The molecule has 2 saturated carbocycles. The zero-order chi connectivity index (χ0) is 21.4. The first-order valence-electron chi connectivity index (χ1n) is 11.3. The van der Waals surface area contributed by atoms with Gasteiger partial charge in [0, 0.05) is 0 Å². The number of fused-ring (bicyclic) bond motifs is 2. The van der Waals surface area contributed by atoms with E-state index in [9.17, 15) is 0 Å². The van der Waals surface area contributed by atoms with Gasteiger partial charge in [-0.1, -0.05) is 81.6 Å². The fraction of sp³-hybridized carbons (Fsp3) is 0.615. The van der Waals surface area contributed by atoms with Crippen LogP contribution in [0.15, 0.2) is 0 Å². The topological polar surface area (TPSA) is 0 Å². The summed E-state index contributed by atoms with van der Waals surface area (Å²) in [4.78, 5) is 0. The van der Waals surface area contributed by atoms with Crippen molar-refractivity contribution in [1.29, 1.82) is 0 Å². The molecular formula is C26H42Si2. The minimum atomic E-state index is -1.70. The summed E-state index contributed by atoms with van der Waals surface area (Å²) in [6.45, 7) is 29.6. The molecule has 1 heterocycles. The predicted octanol–water partition coefficient (Wildman–Crippen LogP) is 7.23. The molecule has 0 unspecified atom stereocenters. The monoisotopic (exact) mass is 410 g/mol. The molecular weight excluding hydrogens is 368 g/mol. The third-order valence-electron chi connectivity index (χ3n) is 7.69. The minimum Gasteiger partial charge on any atom is -0.0685 e. The van der Waals surface area contributed by atoms with Crippen molar-refractivity contribution in [3.05, 3.63) is 59.2 Å². The molecule has 2 aliphatic carbocycles. The lowest BCUT2D eigenvalue weighted by Gasteiger charge is -2.57. The lowest BCUT2D eigenvalue weighted by molar-refractivity contribution is 0.283. The van der Waals surface area contributed by atoms with Crippen molar-refractivity contribution < 1.29 is 0 Å². The van der Waals surface area contributed by atoms with Crippen molar-refractivity contribution in [2.75, 3.05) is 0 Å². The molecule has 3 fully saturated rings. The molecule has 1 atom stereocenters. The molecule has 3 rings (SSSR count). The van der Waals surface area contributed by atoms with Crippen LogP contribution in [0.3, 0.4) is 0 Å². The average molecular weight is 411 g/mol. The smallest absolute Gasteiger partial charge is 0.0622 e. The molecule has 0 nitrogen and oxygen atoms in total. The molecule has 0 aromatic rings. The normalized spacial score (nSPS) is 29.8. The van der Waals surface area contributed by atoms with E-state index in [1.807, 2.05) is 11.1 Å². The van der Waals surface area contributed by atoms with Crippen LogP contribution in [0, 0.1) is 82.3 Å². The van der Waals surface area contributed by atoms with Crippen LogP contribution in [0.4, 0.5) is 0 Å². The highest BCUT2D eigenvalue weighted by Crippen LogP contribution is 2.69. The number of hydrogen-bond acceptors (Lipinski definition) is 0. The molecule has 1 aliphatic heterocycles. The Morgan fingerprint density at radius 1 is 0.643 bits per heavy atom. The van der Waals surface area contributed by atoms with Gasteiger partial charge in [0.25, 0.3) is 0 Å². The quantitative estimate of drug-likeness (QED) is 0.430. The Balaban J connectivity index is 2.03. The maximum absolute atomic E-state index is 2.64. The summed E-state index contributed by atoms with van der Waals surface area (Å²) in [5, 5.41) is 0. The molecule has 3 aliphatic rings. The molecule has 0 bridgehead atoms. The molecule has 154 valence electrons. The predicted molar refractivity (Wildman–Crippen MR) is 129 cm³/mol. The number of hydrogen-bond donors (Lipinski definition) is 0. The van der Waals surface area contributed by atoms with E-state index in [4.69, 9.17) is 0 Å². The Labute approximate surface area is 180 Å². The van der Waals surface area contributed by atoms with Gasteiger partial charge in [0.05, 0.1) is 16.1 Å². The maximum Gasteiger partial charge on any atom is 0.0622 e. The van der Waals surface area contributed by atoms with Gasteiger partial charge in [-0.3, -0.25) is 0 Å². The molecule has 2 heteroatoms. The lowest BCUT2D eigenvalue weighted by Crippen LogP contribution is -2.63. The van der Waals surface area contributed by atoms with Crippen LogP contribution in [-0.2, 0) is 0 Å². The highest BCUT2D eigenvalue weighted by atomic mass is 28.3. The summed E-state index contributed by atoms with van der Waals surface area (Å²) in [5.41, 5.74) is 7.45. The Bertz CT molecular complexity index is 527. The van der Waals surface area contributed by atoms with Crippen LogP contribution in [-0.4, -0.2) is 16.1 Å². The standard InChI is InChI=1S/C26H42Si2/c1-16(2)20-15-21(17(3)4)25-24(20)27(9,10)22-13-19(18(5)26(6,7)8)14-23(22)28(25,11)12/h13-18H,1-12H3/t18-/m0/s1. The van der Waals surface area contributed by atoms with Crippen LogP contribution in [0.1, 0.15) is 55.4 Å². The maximum atomic E-state index is 2.64. The summed E-state index contributed by atoms with van der Waals surface area (Å²) in [7, 11) is -3.40. The van der Waals surface area contributed by atoms with Crippen molar-refractivity contribution >= 4 is 16.1 Å². The van der Waals surface area contributed by atoms with Crippen molar-refractivity contribution in [3.63, 3.8) is 0 Å². The van der Waals surface area contributed by atoms with Crippen LogP contribution in [0.2, 0.25) is 26.2 Å². The largest absolute Gasteiger partial charge is 0.0685 e. The molecule has 0 aromatic carbocycles. The van der Waals surface area contributed by atoms with Gasteiger partial charge in [0.2, 0.25) is 0 Å². The Morgan fingerprint density at radius 2 is 1.00 bits per heavy atom. The van der Waals surface area contributed by atoms with Crippen molar-refractivity contribution in [1.82, 2.24) is 0 Å². The van der Waals surface area contributed by atoms with Gasteiger partial charge in [-0.25, -0.2) is 0 Å². The first-order chi connectivity index (χ1) is 12.6. The second kappa shape index (κ2) is 7.25. The summed E-state index contributed by atoms with van der Waals surface area (Å²) < 4.78 is 0. The van der Waals surface area contributed by atoms with Gasteiger partial charge >= 0.3 is 0 Å². The minimum absolute atomic E-state index is 0.308. The summed E-state index contributed by atoms with van der Waals surface area (Å²) in [5.74, 6) is 6.73. The summed E-state index contributed by atoms with van der Waals surface area (Å²) >= 11 is 0. The van der Waals surface area contributed by atoms with Crippen molar-refractivity contribution in [2.24, 2.45) is 23.2 Å². The molecule has 28 heavy (non-hydrogen) atoms. The zero-order valence-corrected chi connectivity index (χ0v) is 22.5. The molecule has 0 aromatic heterocycles. The van der Waals surface area contributed by atoms with Crippen molar-refractivity contribution in [3.8, 4) is 0 Å². The summed E-state index contributed by atoms with van der Waals surface area (Å²) in [6.07, 6.45) is 7.89. The SMILES string of the molecule is CC(C)[C]1[CH][C](C(C)C)[C]2[C]1[Si](C)(C)[C]1[CH][C]([C@H](C)C(C)(C)C)[CH][C]1[Si]2(C)C. The highest BCUT2D eigenvalue weighted by Gasteiger charge is 2.69. The second-order valence-electron chi connectivity index (χ2n) is 12.1. The van der Waals surface area contributed by atoms with Crippen molar-refractivity contribution in [2.45, 2.75) is 81.6 Å². The van der Waals surface area contributed by atoms with E-state index in [1.165, 1.54) is 0 Å². The zero-order valence-electron chi connectivity index (χ0n) is 20.5. The highest BCUT2D eigenvalue weighted by molar-refractivity contribution is 7.03. The van der Waals surface area contributed by atoms with Gasteiger partial charge in [0.15, 0.2) is 0 Å². The Kier molecular flexibility index (Phi) is 5.98. The van der Waals surface area contributed by atoms with Gasteiger partial charge < -0.3 is 0 Å². The van der Waals surface area contributed by atoms with Gasteiger partial charge in [-0.2, -0.15) is 0 Å². The number of rotatable bonds is 3. The molecule has 0 N–H and O–H groups in total. The molecule has 0 amide bonds. The first-order valence-corrected chi connectivity index (χ1v) is 17.3. The van der Waals surface area contributed by atoms with Crippen LogP contribution in [0.25, 0.3) is 0 Å². The molecule has 1 saturated heterocycles. The van der Waals surface area contributed by atoms with Gasteiger partial charge in [-0.05, 0) is 82.3 Å². The third kappa shape index (κ3) is 3.45. The molecule has 10 radical (unpaired) electrons. The fourth-order valence-electron chi connectivity index (χ4n) is 5.44. The van der Waals surface area contributed by atoms with Crippen LogP contribution in [0.5, 0.6) is 0 Å². The van der Waals surface area contributed by atoms with E-state index < -0.39 is 16.1 Å². The van der Waals surface area contributed by atoms with Crippen LogP contribution < -0.4 is 0 Å². The van der Waals surface area contributed by atoms with E-state index in [-0.39, 0.29) is 0 Å². The average Bonchev–Trinajstić information content (AvgIpc) is 3.16. The van der Waals surface area contributed by atoms with Gasteiger partial charge in [-0.15, -0.1) is 0 Å². The van der Waals surface area contributed by atoms with E-state index in [0.717, 1.165) is 0 Å². The van der Waals surface area contributed by atoms with E-state index in [2.05, 4.69) is 101 Å². The van der Waals surface area contributed by atoms with Gasteiger partial charge in [0.1, 0.15) is 0 Å². The second-order valence-corrected chi connectivity index (χ2v) is 20.6. The van der Waals surface area contributed by atoms with E-state index >= 15 is 0 Å². The van der Waals surface area contributed by atoms with E-state index in [1.54, 1.807) is 28.8 Å². The third-order valence-corrected chi connectivity index (χ3v) is 15.3. The Morgan fingerprint density at radius 3 is 1.29 bits per heavy atom. The molecule has 0 spiro atoms. The lowest BCUT2D eigenvalue weighted by atomic mass is 9.74. The van der Waals surface area contributed by atoms with E-state index in [0.29, 0.717) is 23.2 Å². The first kappa shape index (κ1) is 23.1.